The highest BCUT2D eigenvalue weighted by atomic mass is 35.5. The van der Waals surface area contributed by atoms with Gasteiger partial charge in [0.05, 0.1) is 23.1 Å². The molecular weight excluding hydrogens is 500 g/mol. The van der Waals surface area contributed by atoms with Gasteiger partial charge < -0.3 is 9.64 Å². The molecular formula is C26H22ClF2N7O. The molecule has 1 aliphatic heterocycles. The summed E-state index contributed by atoms with van der Waals surface area (Å²) in [6.45, 7) is 5.56. The lowest BCUT2D eigenvalue weighted by Crippen LogP contribution is -2.32. The minimum Gasteiger partial charge on any atom is -0.486 e. The standard InChI is InChI=1S/C26H22ClF2N7O/c1-15-10-33-35(13-15)26-31-7-4-20(34-26)25-24(27)23(37-14-21-19(29)9-18(28)12-32-21)8-17(3)36(25)22-5-6-30-11-16(22)2/h4-13,25H,14H2,1-3H3. The van der Waals surface area contributed by atoms with Crippen LogP contribution in [0.15, 0.2) is 77.9 Å². The molecule has 11 heteroatoms. The maximum absolute atomic E-state index is 14.2. The Bertz CT molecular complexity index is 1530. The van der Waals surface area contributed by atoms with Crippen LogP contribution in [0.25, 0.3) is 5.95 Å². The van der Waals surface area contributed by atoms with E-state index < -0.39 is 17.7 Å². The lowest BCUT2D eigenvalue weighted by Gasteiger charge is -2.38. The minimum absolute atomic E-state index is 0.0354. The smallest absolute Gasteiger partial charge is 0.250 e. The zero-order valence-corrected chi connectivity index (χ0v) is 21.0. The molecule has 8 nitrogen and oxygen atoms in total. The molecule has 0 aromatic carbocycles. The van der Waals surface area contributed by atoms with Crippen LogP contribution >= 0.6 is 11.6 Å². The number of nitrogens with zero attached hydrogens (tertiary/aromatic N) is 7. The SMILES string of the molecule is CC1=CC(OCc2ncc(F)cc2F)=C(Cl)C(c2ccnc(-n3cc(C)cn3)n2)N1c1ccncc1C. The van der Waals surface area contributed by atoms with Crippen LogP contribution in [0.2, 0.25) is 0 Å². The highest BCUT2D eigenvalue weighted by Gasteiger charge is 2.34. The fourth-order valence-corrected chi connectivity index (χ4v) is 4.38. The van der Waals surface area contributed by atoms with Crippen LogP contribution in [0.5, 0.6) is 0 Å². The van der Waals surface area contributed by atoms with E-state index in [1.165, 1.54) is 0 Å². The predicted molar refractivity (Wildman–Crippen MR) is 134 cm³/mol. The molecule has 0 N–H and O–H groups in total. The average molecular weight is 522 g/mol. The molecule has 0 spiro atoms. The third-order valence-electron chi connectivity index (χ3n) is 5.81. The van der Waals surface area contributed by atoms with E-state index in [9.17, 15) is 8.78 Å². The molecule has 1 aliphatic rings. The van der Waals surface area contributed by atoms with Gasteiger partial charge in [0, 0.05) is 48.3 Å². The van der Waals surface area contributed by atoms with Crippen LogP contribution in [0.4, 0.5) is 14.5 Å². The molecule has 4 aromatic rings. The molecule has 0 saturated heterocycles. The fourth-order valence-electron chi connectivity index (χ4n) is 4.06. The quantitative estimate of drug-likeness (QED) is 0.332. The van der Waals surface area contributed by atoms with Crippen LogP contribution in [0, 0.1) is 25.5 Å². The first-order valence-corrected chi connectivity index (χ1v) is 11.7. The number of halogens is 3. The Kier molecular flexibility index (Phi) is 6.66. The molecule has 5 rings (SSSR count). The summed E-state index contributed by atoms with van der Waals surface area (Å²) in [5, 5.41) is 4.63. The van der Waals surface area contributed by atoms with E-state index in [0.29, 0.717) is 22.4 Å². The van der Waals surface area contributed by atoms with Crippen molar-refractivity contribution in [3.8, 4) is 5.95 Å². The summed E-state index contributed by atoms with van der Waals surface area (Å²) < 4.78 is 34.9. The van der Waals surface area contributed by atoms with Gasteiger partial charge in [-0.2, -0.15) is 5.10 Å². The number of aromatic nitrogens is 6. The lowest BCUT2D eigenvalue weighted by molar-refractivity contribution is 0.198. The highest BCUT2D eigenvalue weighted by Crippen LogP contribution is 2.43. The number of hydrogen-bond acceptors (Lipinski definition) is 7. The first-order valence-electron chi connectivity index (χ1n) is 11.4. The van der Waals surface area contributed by atoms with Gasteiger partial charge in [0.25, 0.3) is 5.95 Å². The number of ether oxygens (including phenoxy) is 1. The number of allylic oxidation sites excluding steroid dienone is 2. The monoisotopic (exact) mass is 521 g/mol. The summed E-state index contributed by atoms with van der Waals surface area (Å²) in [6.07, 6.45) is 11.4. The number of aryl methyl sites for hydroxylation is 2. The third-order valence-corrected chi connectivity index (χ3v) is 6.21. The number of hydrogen-bond donors (Lipinski definition) is 0. The Hall–Kier alpha value is -4.18. The normalized spacial score (nSPS) is 15.7. The Morgan fingerprint density at radius 3 is 2.62 bits per heavy atom. The van der Waals surface area contributed by atoms with Crippen LogP contribution in [0.1, 0.15) is 35.5 Å². The Morgan fingerprint density at radius 1 is 1.05 bits per heavy atom. The largest absolute Gasteiger partial charge is 0.486 e. The van der Waals surface area contributed by atoms with E-state index in [1.807, 2.05) is 37.9 Å². The van der Waals surface area contributed by atoms with Gasteiger partial charge in [-0.25, -0.2) is 23.4 Å². The second-order valence-corrected chi connectivity index (χ2v) is 8.95. The molecule has 0 bridgehead atoms. The number of rotatable bonds is 6. The number of pyridine rings is 2. The van der Waals surface area contributed by atoms with Crippen molar-refractivity contribution in [1.29, 1.82) is 0 Å². The summed E-state index contributed by atoms with van der Waals surface area (Å²) in [5.41, 5.74) is 4.15. The van der Waals surface area contributed by atoms with Crippen molar-refractivity contribution in [2.45, 2.75) is 33.4 Å². The molecule has 0 fully saturated rings. The summed E-state index contributed by atoms with van der Waals surface area (Å²) >= 11 is 6.97. The molecule has 37 heavy (non-hydrogen) atoms. The van der Waals surface area contributed by atoms with E-state index in [0.717, 1.165) is 34.8 Å². The van der Waals surface area contributed by atoms with Gasteiger partial charge in [-0.05, 0) is 44.0 Å². The summed E-state index contributed by atoms with van der Waals surface area (Å²) in [4.78, 5) is 19.2. The van der Waals surface area contributed by atoms with Crippen molar-refractivity contribution in [2.24, 2.45) is 0 Å². The van der Waals surface area contributed by atoms with Gasteiger partial charge in [-0.15, -0.1) is 0 Å². The third kappa shape index (κ3) is 4.92. The maximum atomic E-state index is 14.2. The van der Waals surface area contributed by atoms with Gasteiger partial charge in [0.1, 0.15) is 29.9 Å². The van der Waals surface area contributed by atoms with Crippen LogP contribution in [0.3, 0.4) is 0 Å². The van der Waals surface area contributed by atoms with Crippen molar-refractivity contribution in [2.75, 3.05) is 4.90 Å². The Balaban J connectivity index is 1.58. The zero-order chi connectivity index (χ0) is 26.1. The zero-order valence-electron chi connectivity index (χ0n) is 20.2. The molecule has 188 valence electrons. The Labute approximate surface area is 216 Å². The van der Waals surface area contributed by atoms with E-state index >= 15 is 0 Å². The first-order chi connectivity index (χ1) is 17.8. The predicted octanol–water partition coefficient (Wildman–Crippen LogP) is 5.48. The van der Waals surface area contributed by atoms with Gasteiger partial charge in [-0.3, -0.25) is 9.97 Å². The van der Waals surface area contributed by atoms with Crippen molar-refractivity contribution in [3.63, 3.8) is 0 Å². The summed E-state index contributed by atoms with van der Waals surface area (Å²) in [7, 11) is 0. The number of anilines is 1. The maximum Gasteiger partial charge on any atom is 0.250 e. The fraction of sp³-hybridized carbons (Fsp3) is 0.192. The molecule has 0 amide bonds. The molecule has 0 aliphatic carbocycles. The molecule has 4 aromatic heterocycles. The van der Waals surface area contributed by atoms with Gasteiger partial charge in [0.15, 0.2) is 5.82 Å². The van der Waals surface area contributed by atoms with E-state index in [4.69, 9.17) is 21.3 Å². The van der Waals surface area contributed by atoms with Crippen LogP contribution < -0.4 is 4.90 Å². The molecule has 1 atom stereocenters. The van der Waals surface area contributed by atoms with Gasteiger partial charge in [-0.1, -0.05) is 11.6 Å². The van der Waals surface area contributed by atoms with Crippen molar-refractivity contribution >= 4 is 17.3 Å². The van der Waals surface area contributed by atoms with Gasteiger partial charge >= 0.3 is 0 Å². The van der Waals surface area contributed by atoms with Crippen molar-refractivity contribution in [1.82, 2.24) is 29.7 Å². The summed E-state index contributed by atoms with van der Waals surface area (Å²) in [5.74, 6) is -0.850. The lowest BCUT2D eigenvalue weighted by atomic mass is 10.0. The van der Waals surface area contributed by atoms with Crippen molar-refractivity contribution < 1.29 is 13.5 Å². The molecule has 1 unspecified atom stereocenters. The first kappa shape index (κ1) is 24.5. The van der Waals surface area contributed by atoms with E-state index in [-0.39, 0.29) is 12.3 Å². The Morgan fingerprint density at radius 2 is 1.89 bits per heavy atom. The molecule has 5 heterocycles. The topological polar surface area (TPSA) is 81.8 Å². The highest BCUT2D eigenvalue weighted by molar-refractivity contribution is 6.31. The minimum atomic E-state index is -0.797. The van der Waals surface area contributed by atoms with Crippen molar-refractivity contribution in [3.05, 3.63) is 112 Å². The van der Waals surface area contributed by atoms with Crippen LogP contribution in [-0.4, -0.2) is 29.7 Å². The molecule has 0 saturated carbocycles. The van der Waals surface area contributed by atoms with E-state index in [2.05, 4.69) is 20.1 Å². The summed E-state index contributed by atoms with van der Waals surface area (Å²) in [6, 6.07) is 3.84. The van der Waals surface area contributed by atoms with E-state index in [1.54, 1.807) is 41.6 Å². The molecule has 0 radical (unpaired) electrons. The second kappa shape index (κ2) is 10.1. The van der Waals surface area contributed by atoms with Gasteiger partial charge in [0.2, 0.25) is 0 Å². The van der Waals surface area contributed by atoms with Crippen LogP contribution in [-0.2, 0) is 11.3 Å². The second-order valence-electron chi connectivity index (χ2n) is 8.55. The average Bonchev–Trinajstić information content (AvgIpc) is 3.32.